The van der Waals surface area contributed by atoms with Gasteiger partial charge in [0.15, 0.2) is 0 Å². The molecule has 2 atom stereocenters. The number of halogens is 1. The Morgan fingerprint density at radius 3 is 2.90 bits per heavy atom. The molecule has 0 spiro atoms. The van der Waals surface area contributed by atoms with Gasteiger partial charge in [-0.15, -0.1) is 0 Å². The van der Waals surface area contributed by atoms with E-state index in [2.05, 4.69) is 25.0 Å². The highest BCUT2D eigenvalue weighted by molar-refractivity contribution is 9.09. The Morgan fingerprint density at radius 1 is 1.80 bits per heavy atom. The van der Waals surface area contributed by atoms with Crippen molar-refractivity contribution in [3.8, 4) is 0 Å². The van der Waals surface area contributed by atoms with Gasteiger partial charge in [0.1, 0.15) is 0 Å². The molecule has 1 rings (SSSR count). The Kier molecular flexibility index (Phi) is 2.89. The first kappa shape index (κ1) is 8.68. The zero-order chi connectivity index (χ0) is 7.61. The molecule has 0 aliphatic carbocycles. The van der Waals surface area contributed by atoms with Gasteiger partial charge >= 0.3 is 7.82 Å². The van der Waals surface area contributed by atoms with Crippen molar-refractivity contribution in [2.24, 2.45) is 0 Å². The van der Waals surface area contributed by atoms with Crippen molar-refractivity contribution in [2.45, 2.75) is 12.5 Å². The number of phosphoric acid groups is 1. The van der Waals surface area contributed by atoms with Crippen LogP contribution in [0.3, 0.4) is 0 Å². The molecule has 1 aliphatic rings. The number of alkyl halides is 1. The second-order valence-electron chi connectivity index (χ2n) is 1.97. The van der Waals surface area contributed by atoms with Crippen molar-refractivity contribution in [3.63, 3.8) is 0 Å². The SMILES string of the molecule is O=P1(O)OCC(CCBr)O1. The van der Waals surface area contributed by atoms with Crippen molar-refractivity contribution < 1.29 is 18.5 Å². The fourth-order valence-electron chi connectivity index (χ4n) is 0.684. The molecule has 1 aliphatic heterocycles. The molecule has 0 amide bonds. The van der Waals surface area contributed by atoms with Crippen LogP contribution in [0.25, 0.3) is 0 Å². The van der Waals surface area contributed by atoms with Gasteiger partial charge in [-0.25, -0.2) is 4.57 Å². The largest absolute Gasteiger partial charge is 0.472 e. The van der Waals surface area contributed by atoms with E-state index in [1.807, 2.05) is 0 Å². The Hall–Kier alpha value is 0.590. The summed E-state index contributed by atoms with van der Waals surface area (Å²) in [6, 6.07) is 0. The first-order chi connectivity index (χ1) is 4.64. The number of hydrogen-bond acceptors (Lipinski definition) is 3. The molecule has 0 aromatic carbocycles. The molecule has 4 nitrogen and oxygen atoms in total. The van der Waals surface area contributed by atoms with Gasteiger partial charge in [0, 0.05) is 5.33 Å². The lowest BCUT2D eigenvalue weighted by Crippen LogP contribution is -2.08. The van der Waals surface area contributed by atoms with Crippen LogP contribution in [-0.4, -0.2) is 22.9 Å². The van der Waals surface area contributed by atoms with E-state index in [9.17, 15) is 4.57 Å². The van der Waals surface area contributed by atoms with Gasteiger partial charge in [0.2, 0.25) is 0 Å². The van der Waals surface area contributed by atoms with Crippen LogP contribution in [0.2, 0.25) is 0 Å². The van der Waals surface area contributed by atoms with E-state index >= 15 is 0 Å². The quantitative estimate of drug-likeness (QED) is 0.574. The van der Waals surface area contributed by atoms with Crippen molar-refractivity contribution in [2.75, 3.05) is 11.9 Å². The molecule has 10 heavy (non-hydrogen) atoms. The lowest BCUT2D eigenvalue weighted by Gasteiger charge is -2.02. The molecule has 6 heteroatoms. The maximum Gasteiger partial charge on any atom is 0.472 e. The fraction of sp³-hybridized carbons (Fsp3) is 1.00. The third-order valence-electron chi connectivity index (χ3n) is 1.14. The van der Waals surface area contributed by atoms with Gasteiger partial charge in [-0.2, -0.15) is 0 Å². The zero-order valence-electron chi connectivity index (χ0n) is 5.20. The molecular formula is C4H8BrO4P. The number of phosphoric ester groups is 1. The Balaban J connectivity index is 2.36. The predicted molar refractivity (Wildman–Crippen MR) is 39.1 cm³/mol. The second kappa shape index (κ2) is 3.32. The minimum absolute atomic E-state index is 0.222. The fourth-order valence-corrected chi connectivity index (χ4v) is 2.15. The molecule has 0 bridgehead atoms. The minimum Gasteiger partial charge on any atom is -0.302 e. The minimum atomic E-state index is -3.65. The Labute approximate surface area is 67.3 Å². The maximum atomic E-state index is 10.6. The molecule has 1 saturated heterocycles. The average Bonchev–Trinajstić information content (AvgIpc) is 2.12. The summed E-state index contributed by atoms with van der Waals surface area (Å²) in [6.45, 7) is 0.222. The topological polar surface area (TPSA) is 55.8 Å². The monoisotopic (exact) mass is 230 g/mol. The van der Waals surface area contributed by atoms with Gasteiger partial charge in [-0.1, -0.05) is 15.9 Å². The summed E-state index contributed by atoms with van der Waals surface area (Å²) >= 11 is 3.19. The molecule has 0 aromatic rings. The summed E-state index contributed by atoms with van der Waals surface area (Å²) < 4.78 is 19.7. The van der Waals surface area contributed by atoms with Crippen LogP contribution in [0.4, 0.5) is 0 Å². The van der Waals surface area contributed by atoms with Crippen LogP contribution in [0, 0.1) is 0 Å². The van der Waals surface area contributed by atoms with Crippen LogP contribution in [0.15, 0.2) is 0 Å². The van der Waals surface area contributed by atoms with E-state index in [-0.39, 0.29) is 12.7 Å². The summed E-state index contributed by atoms with van der Waals surface area (Å²) in [7, 11) is -3.65. The van der Waals surface area contributed by atoms with E-state index in [1.165, 1.54) is 0 Å². The van der Waals surface area contributed by atoms with Crippen LogP contribution in [0.1, 0.15) is 6.42 Å². The van der Waals surface area contributed by atoms with Gasteiger partial charge in [-0.3, -0.25) is 9.05 Å². The molecule has 2 unspecified atom stereocenters. The van der Waals surface area contributed by atoms with Crippen molar-refractivity contribution in [3.05, 3.63) is 0 Å². The third-order valence-corrected chi connectivity index (χ3v) is 2.63. The highest BCUT2D eigenvalue weighted by atomic mass is 79.9. The first-order valence-corrected chi connectivity index (χ1v) is 5.47. The third kappa shape index (κ3) is 2.32. The van der Waals surface area contributed by atoms with E-state index < -0.39 is 7.82 Å². The van der Waals surface area contributed by atoms with E-state index in [1.54, 1.807) is 0 Å². The molecule has 0 radical (unpaired) electrons. The summed E-state index contributed by atoms with van der Waals surface area (Å²) in [5.74, 6) is 0. The predicted octanol–water partition coefficient (Wildman–Crippen LogP) is 1.29. The standard InChI is InChI=1S/C4H8BrO4P/c5-2-1-4-3-8-10(6,7)9-4/h4H,1-3H2,(H,6,7). The van der Waals surface area contributed by atoms with E-state index in [4.69, 9.17) is 4.89 Å². The highest BCUT2D eigenvalue weighted by Gasteiger charge is 2.34. The normalized spacial score (nSPS) is 40.4. The van der Waals surface area contributed by atoms with Gasteiger partial charge in [-0.05, 0) is 6.42 Å². The van der Waals surface area contributed by atoms with Crippen LogP contribution >= 0.6 is 23.8 Å². The number of rotatable bonds is 2. The summed E-state index contributed by atoms with van der Waals surface area (Å²) in [5, 5.41) is 0.751. The molecule has 1 fully saturated rings. The van der Waals surface area contributed by atoms with Crippen molar-refractivity contribution in [1.29, 1.82) is 0 Å². The summed E-state index contributed by atoms with van der Waals surface area (Å²) in [6.07, 6.45) is 0.472. The second-order valence-corrected chi connectivity index (χ2v) is 4.17. The van der Waals surface area contributed by atoms with Crippen molar-refractivity contribution >= 4 is 23.8 Å². The van der Waals surface area contributed by atoms with Crippen molar-refractivity contribution in [1.82, 2.24) is 0 Å². The van der Waals surface area contributed by atoms with Gasteiger partial charge in [0.25, 0.3) is 0 Å². The first-order valence-electron chi connectivity index (χ1n) is 2.86. The Bertz CT molecular complexity index is 161. The van der Waals surface area contributed by atoms with Crippen LogP contribution in [0.5, 0.6) is 0 Å². The smallest absolute Gasteiger partial charge is 0.302 e. The molecule has 0 saturated carbocycles. The van der Waals surface area contributed by atoms with Crippen LogP contribution < -0.4 is 0 Å². The van der Waals surface area contributed by atoms with Crippen LogP contribution in [-0.2, 0) is 13.6 Å². The average molecular weight is 231 g/mol. The summed E-state index contributed by atoms with van der Waals surface area (Å²) in [4.78, 5) is 8.69. The maximum absolute atomic E-state index is 10.6. The lowest BCUT2D eigenvalue weighted by atomic mass is 10.3. The van der Waals surface area contributed by atoms with E-state index in [0.717, 1.165) is 5.33 Å². The van der Waals surface area contributed by atoms with Gasteiger partial charge in [0.05, 0.1) is 12.7 Å². The lowest BCUT2D eigenvalue weighted by molar-refractivity contribution is 0.212. The Morgan fingerprint density at radius 2 is 2.50 bits per heavy atom. The highest BCUT2D eigenvalue weighted by Crippen LogP contribution is 2.50. The zero-order valence-corrected chi connectivity index (χ0v) is 7.68. The van der Waals surface area contributed by atoms with Gasteiger partial charge < -0.3 is 4.89 Å². The molecule has 1 N–H and O–H groups in total. The summed E-state index contributed by atoms with van der Waals surface area (Å²) in [5.41, 5.74) is 0. The molecular weight excluding hydrogens is 223 g/mol. The molecule has 0 aromatic heterocycles. The molecule has 1 heterocycles. The number of hydrogen-bond donors (Lipinski definition) is 1. The van der Waals surface area contributed by atoms with E-state index in [0.29, 0.717) is 6.42 Å². The molecule has 60 valence electrons.